The highest BCUT2D eigenvalue weighted by atomic mass is 32.2. The molecule has 1 atom stereocenters. The van der Waals surface area contributed by atoms with Gasteiger partial charge < -0.3 is 19.5 Å². The Kier molecular flexibility index (Phi) is 7.25. The SMILES string of the molecule is CC(NC(=O)CN1C(=O)COc2ccc(S(=O)(=O)N3CCCCCC3)cc21)c1ccc2c(c1)OCCO2. The van der Waals surface area contributed by atoms with Gasteiger partial charge in [0.05, 0.1) is 16.6 Å². The van der Waals surface area contributed by atoms with Gasteiger partial charge in [-0.05, 0) is 55.7 Å². The first kappa shape index (κ1) is 25.3. The van der Waals surface area contributed by atoms with Crippen molar-refractivity contribution >= 4 is 27.5 Å². The van der Waals surface area contributed by atoms with Crippen LogP contribution < -0.4 is 24.4 Å². The molecular formula is C26H31N3O7S. The third kappa shape index (κ3) is 5.37. The molecule has 1 fully saturated rings. The summed E-state index contributed by atoms with van der Waals surface area (Å²) in [6, 6.07) is 9.62. The Morgan fingerprint density at radius 2 is 1.65 bits per heavy atom. The lowest BCUT2D eigenvalue weighted by molar-refractivity contribution is -0.125. The molecule has 5 rings (SSSR count). The Morgan fingerprint density at radius 3 is 2.41 bits per heavy atom. The summed E-state index contributed by atoms with van der Waals surface area (Å²) in [7, 11) is -3.73. The summed E-state index contributed by atoms with van der Waals surface area (Å²) in [4.78, 5) is 27.1. The highest BCUT2D eigenvalue weighted by Crippen LogP contribution is 2.36. The van der Waals surface area contributed by atoms with E-state index in [-0.39, 0.29) is 35.7 Å². The first-order chi connectivity index (χ1) is 17.8. The van der Waals surface area contributed by atoms with Crippen molar-refractivity contribution in [3.8, 4) is 17.2 Å². The molecule has 0 aliphatic carbocycles. The number of sulfonamides is 1. The summed E-state index contributed by atoms with van der Waals surface area (Å²) in [6.45, 7) is 3.25. The average Bonchev–Trinajstić information content (AvgIpc) is 3.20. The molecule has 1 saturated heterocycles. The third-order valence-corrected chi connectivity index (χ3v) is 8.72. The number of nitrogens with one attached hydrogen (secondary N) is 1. The second-order valence-electron chi connectivity index (χ2n) is 9.41. The van der Waals surface area contributed by atoms with Gasteiger partial charge in [0, 0.05) is 13.1 Å². The molecule has 2 aromatic carbocycles. The number of anilines is 1. The molecule has 0 radical (unpaired) electrons. The number of benzene rings is 2. The van der Waals surface area contributed by atoms with Crippen molar-refractivity contribution in [2.24, 2.45) is 0 Å². The Labute approximate surface area is 216 Å². The zero-order valence-electron chi connectivity index (χ0n) is 20.8. The maximum absolute atomic E-state index is 13.3. The largest absolute Gasteiger partial charge is 0.486 e. The van der Waals surface area contributed by atoms with Crippen LogP contribution in [0.4, 0.5) is 5.69 Å². The van der Waals surface area contributed by atoms with E-state index < -0.39 is 15.9 Å². The van der Waals surface area contributed by atoms with Crippen molar-refractivity contribution in [2.75, 3.05) is 44.4 Å². The van der Waals surface area contributed by atoms with Crippen LogP contribution >= 0.6 is 0 Å². The molecule has 2 amide bonds. The third-order valence-electron chi connectivity index (χ3n) is 6.82. The molecule has 198 valence electrons. The van der Waals surface area contributed by atoms with E-state index in [0.717, 1.165) is 31.2 Å². The molecule has 0 saturated carbocycles. The van der Waals surface area contributed by atoms with Crippen LogP contribution in [0.15, 0.2) is 41.3 Å². The van der Waals surface area contributed by atoms with E-state index in [2.05, 4.69) is 5.32 Å². The minimum absolute atomic E-state index is 0.0847. The van der Waals surface area contributed by atoms with Gasteiger partial charge in [-0.1, -0.05) is 18.9 Å². The smallest absolute Gasteiger partial charge is 0.265 e. The predicted molar refractivity (Wildman–Crippen MR) is 136 cm³/mol. The van der Waals surface area contributed by atoms with Crippen LogP contribution in [0.1, 0.15) is 44.2 Å². The topological polar surface area (TPSA) is 114 Å². The molecule has 0 spiro atoms. The van der Waals surface area contributed by atoms with Gasteiger partial charge in [0.2, 0.25) is 15.9 Å². The predicted octanol–water partition coefficient (Wildman–Crippen LogP) is 2.63. The zero-order valence-corrected chi connectivity index (χ0v) is 21.6. The molecule has 0 aromatic heterocycles. The van der Waals surface area contributed by atoms with Crippen molar-refractivity contribution < 1.29 is 32.2 Å². The lowest BCUT2D eigenvalue weighted by Gasteiger charge is -2.30. The van der Waals surface area contributed by atoms with Crippen molar-refractivity contribution in [2.45, 2.75) is 43.5 Å². The quantitative estimate of drug-likeness (QED) is 0.612. The average molecular weight is 530 g/mol. The molecule has 0 bridgehead atoms. The summed E-state index contributed by atoms with van der Waals surface area (Å²) >= 11 is 0. The molecule has 3 heterocycles. The maximum atomic E-state index is 13.3. The van der Waals surface area contributed by atoms with Crippen LogP contribution in [0, 0.1) is 0 Å². The second-order valence-corrected chi connectivity index (χ2v) is 11.3. The lowest BCUT2D eigenvalue weighted by atomic mass is 10.1. The maximum Gasteiger partial charge on any atom is 0.265 e. The molecule has 10 nitrogen and oxygen atoms in total. The van der Waals surface area contributed by atoms with Gasteiger partial charge in [-0.3, -0.25) is 14.5 Å². The van der Waals surface area contributed by atoms with E-state index in [4.69, 9.17) is 14.2 Å². The lowest BCUT2D eigenvalue weighted by Crippen LogP contribution is -2.45. The molecule has 3 aliphatic rings. The van der Waals surface area contributed by atoms with Gasteiger partial charge in [-0.25, -0.2) is 8.42 Å². The van der Waals surface area contributed by atoms with Crippen molar-refractivity contribution in [3.05, 3.63) is 42.0 Å². The Balaban J connectivity index is 1.33. The monoisotopic (exact) mass is 529 g/mol. The van der Waals surface area contributed by atoms with Gasteiger partial charge in [0.25, 0.3) is 5.91 Å². The van der Waals surface area contributed by atoms with Crippen LogP contribution in [0.25, 0.3) is 0 Å². The standard InChI is InChI=1S/C26H31N3O7S/c1-18(19-6-8-23-24(14-19)35-13-12-34-23)27-25(30)16-29-21-15-20(7-9-22(21)36-17-26(29)31)37(32,33)28-10-4-2-3-5-11-28/h6-9,14-15,18H,2-5,10-13,16-17H2,1H3,(H,27,30). The number of hydrogen-bond acceptors (Lipinski definition) is 7. The van der Waals surface area contributed by atoms with E-state index in [1.807, 2.05) is 19.1 Å². The number of nitrogens with zero attached hydrogens (tertiary/aromatic N) is 2. The summed E-state index contributed by atoms with van der Waals surface area (Å²) in [5.74, 6) is 0.848. The Morgan fingerprint density at radius 1 is 0.946 bits per heavy atom. The van der Waals surface area contributed by atoms with Crippen molar-refractivity contribution in [3.63, 3.8) is 0 Å². The molecular weight excluding hydrogens is 498 g/mol. The number of fused-ring (bicyclic) bond motifs is 2. The van der Waals surface area contributed by atoms with Crippen molar-refractivity contribution in [1.82, 2.24) is 9.62 Å². The van der Waals surface area contributed by atoms with Gasteiger partial charge in [-0.2, -0.15) is 4.31 Å². The van der Waals surface area contributed by atoms with Gasteiger partial charge in [-0.15, -0.1) is 0 Å². The number of ether oxygens (including phenoxy) is 3. The summed E-state index contributed by atoms with van der Waals surface area (Å²) in [6.07, 6.45) is 3.65. The van der Waals surface area contributed by atoms with E-state index in [0.29, 0.717) is 43.6 Å². The van der Waals surface area contributed by atoms with Gasteiger partial charge in [0.1, 0.15) is 25.5 Å². The fraction of sp³-hybridized carbons (Fsp3) is 0.462. The van der Waals surface area contributed by atoms with E-state index >= 15 is 0 Å². The van der Waals surface area contributed by atoms with Gasteiger partial charge in [0.15, 0.2) is 18.1 Å². The number of amides is 2. The normalized spacial score (nSPS) is 18.8. The summed E-state index contributed by atoms with van der Waals surface area (Å²) in [5, 5.41) is 2.91. The van der Waals surface area contributed by atoms with Crippen LogP contribution in [-0.4, -0.2) is 64.0 Å². The number of carbonyl (C=O) groups excluding carboxylic acids is 2. The van der Waals surface area contributed by atoms with E-state index in [9.17, 15) is 18.0 Å². The summed E-state index contributed by atoms with van der Waals surface area (Å²) in [5.41, 5.74) is 1.10. The fourth-order valence-electron chi connectivity index (χ4n) is 4.79. The number of rotatable bonds is 6. The van der Waals surface area contributed by atoms with Crippen LogP contribution in [0.3, 0.4) is 0 Å². The van der Waals surface area contributed by atoms with Gasteiger partial charge >= 0.3 is 0 Å². The highest BCUT2D eigenvalue weighted by Gasteiger charge is 2.32. The molecule has 2 aromatic rings. The first-order valence-electron chi connectivity index (χ1n) is 12.6. The highest BCUT2D eigenvalue weighted by molar-refractivity contribution is 7.89. The first-order valence-corrected chi connectivity index (χ1v) is 14.0. The summed E-state index contributed by atoms with van der Waals surface area (Å²) < 4.78 is 44.8. The minimum atomic E-state index is -3.73. The molecule has 1 N–H and O–H groups in total. The van der Waals surface area contributed by atoms with Crippen LogP contribution in [0.5, 0.6) is 17.2 Å². The molecule has 1 unspecified atom stereocenters. The van der Waals surface area contributed by atoms with Crippen LogP contribution in [-0.2, 0) is 19.6 Å². The fourth-order valence-corrected chi connectivity index (χ4v) is 6.33. The van der Waals surface area contributed by atoms with E-state index in [1.165, 1.54) is 21.3 Å². The minimum Gasteiger partial charge on any atom is -0.486 e. The Hall–Kier alpha value is -3.31. The Bertz CT molecular complexity index is 1290. The second kappa shape index (κ2) is 10.6. The van der Waals surface area contributed by atoms with Crippen molar-refractivity contribution in [1.29, 1.82) is 0 Å². The number of hydrogen-bond donors (Lipinski definition) is 1. The number of carbonyl (C=O) groups is 2. The molecule has 11 heteroatoms. The zero-order chi connectivity index (χ0) is 26.0. The van der Waals surface area contributed by atoms with E-state index in [1.54, 1.807) is 12.1 Å². The molecule has 37 heavy (non-hydrogen) atoms. The molecule has 3 aliphatic heterocycles. The van der Waals surface area contributed by atoms with Crippen LogP contribution in [0.2, 0.25) is 0 Å².